The van der Waals surface area contributed by atoms with Crippen molar-refractivity contribution in [1.29, 1.82) is 0 Å². The normalized spacial score (nSPS) is 18.5. The van der Waals surface area contributed by atoms with Crippen LogP contribution in [0.1, 0.15) is 31.8 Å². The van der Waals surface area contributed by atoms with Gasteiger partial charge in [0.05, 0.1) is 11.1 Å². The Kier molecular flexibility index (Phi) is 3.64. The Morgan fingerprint density at radius 2 is 1.32 bits per heavy atom. The van der Waals surface area contributed by atoms with Crippen LogP contribution in [0.25, 0.3) is 12.2 Å². The molecular formula is C19H10F6NO2+. The molecule has 1 unspecified atom stereocenters. The quantitative estimate of drug-likeness (QED) is 0.270. The number of alkyl halides is 6. The number of nitrogens with zero attached hydrogens (tertiary/aromatic N) is 1. The van der Waals surface area contributed by atoms with Gasteiger partial charge in [0.1, 0.15) is 0 Å². The van der Waals surface area contributed by atoms with E-state index in [0.717, 1.165) is 24.3 Å². The van der Waals surface area contributed by atoms with Gasteiger partial charge in [-0.1, -0.05) is 24.3 Å². The third-order valence-corrected chi connectivity index (χ3v) is 4.97. The molecule has 0 bridgehead atoms. The average Bonchev–Trinajstić information content (AvgIpc) is 2.84. The van der Waals surface area contributed by atoms with E-state index in [1.807, 2.05) is 0 Å². The molecule has 0 N–H and O–H groups in total. The van der Waals surface area contributed by atoms with Crippen molar-refractivity contribution in [2.75, 3.05) is 0 Å². The van der Waals surface area contributed by atoms with Crippen molar-refractivity contribution >= 4 is 29.7 Å². The molecule has 3 nitrogen and oxygen atoms in total. The van der Waals surface area contributed by atoms with Crippen LogP contribution in [0.4, 0.5) is 32.0 Å². The largest absolute Gasteiger partial charge is 0.463 e. The first-order valence-electron chi connectivity index (χ1n) is 8.02. The summed E-state index contributed by atoms with van der Waals surface area (Å²) in [6.07, 6.45) is -7.36. The van der Waals surface area contributed by atoms with E-state index in [2.05, 4.69) is 0 Å². The maximum absolute atomic E-state index is 15.1. The van der Waals surface area contributed by atoms with Gasteiger partial charge in [0.25, 0.3) is 0 Å². The highest BCUT2D eigenvalue weighted by molar-refractivity contribution is 6.30. The van der Waals surface area contributed by atoms with Crippen LogP contribution in [0, 0.1) is 0 Å². The molecular weight excluding hydrogens is 388 g/mol. The molecule has 0 spiro atoms. The number of rotatable bonds is 3. The number of amides is 2. The second kappa shape index (κ2) is 5.54. The standard InChI is InChI=1S/C19H10F6NO2/c20-17(18(21,22)19(23,24)25)26(12-8-7-10-5-6-11(10)9-12)15(27)13-3-1-2-4-14(13)16(26)28/h1-9,17H/q+1. The summed E-state index contributed by atoms with van der Waals surface area (Å²) >= 11 is 0. The van der Waals surface area contributed by atoms with Gasteiger partial charge >= 0.3 is 30.2 Å². The molecule has 0 radical (unpaired) electrons. The summed E-state index contributed by atoms with van der Waals surface area (Å²) in [5.41, 5.74) is -0.394. The second-order valence-corrected chi connectivity index (χ2v) is 6.48. The van der Waals surface area contributed by atoms with Crippen molar-refractivity contribution in [2.24, 2.45) is 0 Å². The SMILES string of the molecule is O=C1c2ccccc2C(=O)[N+]1(c1ccc2c(c1)C=C2)C(F)C(F)(F)C(F)(F)F. The predicted molar refractivity (Wildman–Crippen MR) is 88.2 cm³/mol. The van der Waals surface area contributed by atoms with Crippen LogP contribution >= 0.6 is 0 Å². The molecule has 0 aromatic heterocycles. The van der Waals surface area contributed by atoms with Gasteiger partial charge in [0.2, 0.25) is 0 Å². The second-order valence-electron chi connectivity index (χ2n) is 6.48. The monoisotopic (exact) mass is 398 g/mol. The fourth-order valence-electron chi connectivity index (χ4n) is 3.44. The van der Waals surface area contributed by atoms with E-state index in [4.69, 9.17) is 0 Å². The number of carbonyl (C=O) groups is 2. The molecule has 144 valence electrons. The summed E-state index contributed by atoms with van der Waals surface area (Å²) in [7, 11) is 0. The number of hydrogen-bond acceptors (Lipinski definition) is 2. The lowest BCUT2D eigenvalue weighted by molar-refractivity contribution is -0.312. The lowest BCUT2D eigenvalue weighted by Gasteiger charge is -2.35. The van der Waals surface area contributed by atoms with E-state index >= 15 is 4.39 Å². The molecule has 9 heteroatoms. The molecule has 28 heavy (non-hydrogen) atoms. The molecule has 2 aromatic carbocycles. The van der Waals surface area contributed by atoms with Crippen LogP contribution in [0.3, 0.4) is 0 Å². The Morgan fingerprint density at radius 1 is 0.786 bits per heavy atom. The van der Waals surface area contributed by atoms with E-state index in [1.165, 1.54) is 24.3 Å². The molecule has 0 saturated heterocycles. The summed E-state index contributed by atoms with van der Waals surface area (Å²) in [4.78, 5) is 25.9. The minimum atomic E-state index is -6.30. The van der Waals surface area contributed by atoms with Crippen molar-refractivity contribution in [1.82, 2.24) is 4.48 Å². The Bertz CT molecular complexity index is 1020. The maximum Gasteiger partial charge on any atom is 0.463 e. The zero-order chi connectivity index (χ0) is 20.5. The summed E-state index contributed by atoms with van der Waals surface area (Å²) in [5.74, 6) is -8.89. The Hall–Kier alpha value is -2.94. The van der Waals surface area contributed by atoms with E-state index < -0.39 is 51.5 Å². The van der Waals surface area contributed by atoms with Gasteiger partial charge in [0, 0.05) is 12.1 Å². The lowest BCUT2D eigenvalue weighted by atomic mass is 9.96. The zero-order valence-corrected chi connectivity index (χ0v) is 13.8. The Balaban J connectivity index is 2.00. The third kappa shape index (κ3) is 2.10. The van der Waals surface area contributed by atoms with Crippen LogP contribution in [0.15, 0.2) is 42.5 Å². The smallest absolute Gasteiger partial charge is 0.224 e. The summed E-state index contributed by atoms with van der Waals surface area (Å²) < 4.78 is 79.5. The molecule has 2 aliphatic rings. The molecule has 4 rings (SSSR count). The number of halogens is 6. The molecule has 0 fully saturated rings. The van der Waals surface area contributed by atoms with E-state index in [1.54, 1.807) is 6.08 Å². The number of carbonyl (C=O) groups excluding carboxylic acids is 2. The topological polar surface area (TPSA) is 34.1 Å². The number of benzene rings is 2. The van der Waals surface area contributed by atoms with Crippen LogP contribution in [0.2, 0.25) is 0 Å². The first kappa shape index (κ1) is 18.4. The Morgan fingerprint density at radius 3 is 1.75 bits per heavy atom. The number of hydrogen-bond donors (Lipinski definition) is 0. The predicted octanol–water partition coefficient (Wildman–Crippen LogP) is 4.97. The molecule has 2 aromatic rings. The van der Waals surface area contributed by atoms with Gasteiger partial charge in [-0.3, -0.25) is 0 Å². The first-order chi connectivity index (χ1) is 13.0. The molecule has 1 heterocycles. The van der Waals surface area contributed by atoms with Crippen LogP contribution in [-0.2, 0) is 0 Å². The van der Waals surface area contributed by atoms with Crippen LogP contribution in [-0.4, -0.2) is 30.2 Å². The summed E-state index contributed by atoms with van der Waals surface area (Å²) in [6.45, 7) is 0. The maximum atomic E-state index is 15.1. The minimum Gasteiger partial charge on any atom is -0.224 e. The van der Waals surface area contributed by atoms with Gasteiger partial charge in [-0.25, -0.2) is 9.59 Å². The first-order valence-corrected chi connectivity index (χ1v) is 8.02. The number of quaternary nitrogens is 1. The fraction of sp³-hybridized carbons (Fsp3) is 0.158. The van der Waals surface area contributed by atoms with E-state index in [-0.39, 0.29) is 0 Å². The van der Waals surface area contributed by atoms with Gasteiger partial charge < -0.3 is 0 Å². The minimum absolute atomic E-state index is 0.397. The number of imide groups is 1. The molecule has 1 aliphatic carbocycles. The lowest BCUT2D eigenvalue weighted by Crippen LogP contribution is -2.68. The van der Waals surface area contributed by atoms with Crippen molar-refractivity contribution in [3.05, 3.63) is 64.7 Å². The van der Waals surface area contributed by atoms with Crippen molar-refractivity contribution < 1.29 is 35.9 Å². The fourth-order valence-corrected chi connectivity index (χ4v) is 3.44. The van der Waals surface area contributed by atoms with Crippen LogP contribution in [0.5, 0.6) is 0 Å². The van der Waals surface area contributed by atoms with E-state index in [9.17, 15) is 31.5 Å². The van der Waals surface area contributed by atoms with Crippen molar-refractivity contribution in [3.63, 3.8) is 0 Å². The molecule has 2 amide bonds. The summed E-state index contributed by atoms with van der Waals surface area (Å²) in [5, 5.41) is 0. The summed E-state index contributed by atoms with van der Waals surface area (Å²) in [6, 6.07) is 8.22. The van der Waals surface area contributed by atoms with Gasteiger partial charge in [0.15, 0.2) is 5.69 Å². The van der Waals surface area contributed by atoms with Crippen molar-refractivity contribution in [2.45, 2.75) is 18.4 Å². The highest BCUT2D eigenvalue weighted by atomic mass is 19.4. The average molecular weight is 398 g/mol. The number of fused-ring (bicyclic) bond motifs is 2. The van der Waals surface area contributed by atoms with Gasteiger partial charge in [-0.2, -0.15) is 26.3 Å². The molecule has 1 aliphatic heterocycles. The van der Waals surface area contributed by atoms with Crippen molar-refractivity contribution in [3.8, 4) is 0 Å². The highest BCUT2D eigenvalue weighted by Crippen LogP contribution is 2.49. The van der Waals surface area contributed by atoms with Gasteiger partial charge in [-0.05, 0) is 29.3 Å². The molecule has 0 saturated carbocycles. The zero-order valence-electron chi connectivity index (χ0n) is 13.8. The Labute approximate surface area is 154 Å². The highest BCUT2D eigenvalue weighted by Gasteiger charge is 2.76. The van der Waals surface area contributed by atoms with Gasteiger partial charge in [-0.15, -0.1) is 4.48 Å². The molecule has 1 atom stereocenters. The van der Waals surface area contributed by atoms with Crippen LogP contribution < -0.4 is 4.48 Å². The third-order valence-electron chi connectivity index (χ3n) is 4.97. The van der Waals surface area contributed by atoms with E-state index in [0.29, 0.717) is 11.1 Å².